The molecule has 1 radical (unpaired) electrons. The monoisotopic (exact) mass is 114 g/mol. The van der Waals surface area contributed by atoms with Gasteiger partial charge in [-0.2, -0.15) is 0 Å². The van der Waals surface area contributed by atoms with Crippen molar-refractivity contribution in [3.63, 3.8) is 0 Å². The molecule has 0 saturated heterocycles. The second-order valence-electron chi connectivity index (χ2n) is 1.12. The molecule has 0 aromatic heterocycles. The van der Waals surface area contributed by atoms with Crippen LogP contribution in [0.4, 0.5) is 0 Å². The zero-order chi connectivity index (χ0) is 6.41. The van der Waals surface area contributed by atoms with Crippen LogP contribution in [0.3, 0.4) is 0 Å². The van der Waals surface area contributed by atoms with Gasteiger partial charge in [-0.05, 0) is 0 Å². The van der Waals surface area contributed by atoms with Gasteiger partial charge in [0, 0.05) is 12.6 Å². The number of esters is 1. The highest BCUT2D eigenvalue weighted by Gasteiger charge is 1.89. The van der Waals surface area contributed by atoms with Gasteiger partial charge in [0.25, 0.3) is 0 Å². The second kappa shape index (κ2) is 4.33. The molecule has 0 fully saturated rings. The molecule has 0 aliphatic carbocycles. The Balaban J connectivity index is 3.11. The summed E-state index contributed by atoms with van der Waals surface area (Å²) in [5, 5.41) is 0. The molecule has 3 nitrogen and oxygen atoms in total. The van der Waals surface area contributed by atoms with Gasteiger partial charge in [-0.25, -0.2) is 4.79 Å². The number of rotatable bonds is 3. The van der Waals surface area contributed by atoms with Crippen molar-refractivity contribution in [2.75, 3.05) is 13.2 Å². The third kappa shape index (κ3) is 3.36. The molecule has 0 spiro atoms. The van der Waals surface area contributed by atoms with Crippen molar-refractivity contribution in [3.8, 4) is 0 Å². The lowest BCUT2D eigenvalue weighted by molar-refractivity contribution is -0.137. The van der Waals surface area contributed by atoms with Gasteiger partial charge in [0.05, 0.1) is 0 Å². The topological polar surface area (TPSA) is 50.1 Å². The van der Waals surface area contributed by atoms with E-state index in [4.69, 9.17) is 5.73 Å². The van der Waals surface area contributed by atoms with Gasteiger partial charge in [-0.15, -0.1) is 0 Å². The Bertz CT molecular complexity index is 90.4. The van der Waals surface area contributed by atoms with E-state index in [-0.39, 0.29) is 13.2 Å². The molecule has 0 aromatic rings. The number of nitrogens with one attached hydrogen (secondary N) is 1. The van der Waals surface area contributed by atoms with Crippen molar-refractivity contribution in [1.29, 1.82) is 0 Å². The molecule has 0 amide bonds. The maximum absolute atomic E-state index is 10.1. The van der Waals surface area contributed by atoms with Gasteiger partial charge >= 0.3 is 5.97 Å². The molecule has 0 aliphatic rings. The standard InChI is InChI=1S/C5H8NO2/c1-2-5(7)8-4-3-6/h2,6H,1,3-4H2. The minimum absolute atomic E-state index is 0.111. The van der Waals surface area contributed by atoms with E-state index in [1.807, 2.05) is 0 Å². The Kier molecular flexibility index (Phi) is 3.88. The van der Waals surface area contributed by atoms with Crippen LogP contribution in [0.15, 0.2) is 12.7 Å². The van der Waals surface area contributed by atoms with Crippen molar-refractivity contribution >= 4 is 5.97 Å². The molecule has 0 bridgehead atoms. The first-order valence-corrected chi connectivity index (χ1v) is 2.25. The minimum atomic E-state index is -0.461. The Labute approximate surface area is 48.1 Å². The summed E-state index contributed by atoms with van der Waals surface area (Å²) in [6.45, 7) is 3.45. The van der Waals surface area contributed by atoms with Crippen molar-refractivity contribution in [2.24, 2.45) is 0 Å². The Morgan fingerprint density at radius 2 is 2.50 bits per heavy atom. The van der Waals surface area contributed by atoms with Crippen LogP contribution in [0.1, 0.15) is 0 Å². The first-order chi connectivity index (χ1) is 3.81. The van der Waals surface area contributed by atoms with Crippen LogP contribution in [0, 0.1) is 0 Å². The first-order valence-electron chi connectivity index (χ1n) is 2.25. The summed E-state index contributed by atoms with van der Waals surface area (Å²) in [4.78, 5) is 10.1. The quantitative estimate of drug-likeness (QED) is 0.383. The van der Waals surface area contributed by atoms with Crippen molar-refractivity contribution < 1.29 is 9.53 Å². The summed E-state index contributed by atoms with van der Waals surface area (Å²) in [6.07, 6.45) is 1.08. The zero-order valence-electron chi connectivity index (χ0n) is 4.52. The number of carbonyl (C=O) groups excluding carboxylic acids is 1. The molecule has 0 aliphatic heterocycles. The van der Waals surface area contributed by atoms with Crippen molar-refractivity contribution in [2.45, 2.75) is 0 Å². The second-order valence-corrected chi connectivity index (χ2v) is 1.12. The smallest absolute Gasteiger partial charge is 0.330 e. The average molecular weight is 114 g/mol. The van der Waals surface area contributed by atoms with E-state index in [9.17, 15) is 4.79 Å². The van der Waals surface area contributed by atoms with Gasteiger partial charge in [0.2, 0.25) is 0 Å². The van der Waals surface area contributed by atoms with Crippen LogP contribution in [0.2, 0.25) is 0 Å². The summed E-state index contributed by atoms with van der Waals surface area (Å²) in [6, 6.07) is 0. The van der Waals surface area contributed by atoms with Crippen LogP contribution in [-0.2, 0) is 9.53 Å². The van der Waals surface area contributed by atoms with Crippen LogP contribution in [-0.4, -0.2) is 19.1 Å². The van der Waals surface area contributed by atoms with E-state index in [0.29, 0.717) is 0 Å². The van der Waals surface area contributed by atoms with Crippen LogP contribution < -0.4 is 5.73 Å². The molecule has 0 heterocycles. The lowest BCUT2D eigenvalue weighted by Gasteiger charge is -1.94. The molecule has 0 rings (SSSR count). The molecule has 0 atom stereocenters. The summed E-state index contributed by atoms with van der Waals surface area (Å²) in [7, 11) is 0. The Morgan fingerprint density at radius 3 is 2.88 bits per heavy atom. The van der Waals surface area contributed by atoms with Crippen molar-refractivity contribution in [1.82, 2.24) is 5.73 Å². The van der Waals surface area contributed by atoms with Crippen LogP contribution in [0.5, 0.6) is 0 Å². The molecule has 3 heteroatoms. The fourth-order valence-electron chi connectivity index (χ4n) is 0.211. The lowest BCUT2D eigenvalue weighted by atomic mass is 10.6. The molecular formula is C5H8NO2. The molecule has 0 unspecified atom stereocenters. The molecule has 1 N–H and O–H groups in total. The summed E-state index contributed by atoms with van der Waals surface area (Å²) in [5.74, 6) is -0.461. The van der Waals surface area contributed by atoms with E-state index in [1.54, 1.807) is 0 Å². The predicted molar refractivity (Wildman–Crippen MR) is 29.1 cm³/mol. The Morgan fingerprint density at radius 1 is 1.88 bits per heavy atom. The molecule has 0 saturated carbocycles. The first kappa shape index (κ1) is 7.17. The Hall–Kier alpha value is -0.830. The highest BCUT2D eigenvalue weighted by molar-refractivity contribution is 5.81. The fourth-order valence-corrected chi connectivity index (χ4v) is 0.211. The number of hydrogen-bond donors (Lipinski definition) is 0. The maximum atomic E-state index is 10.1. The lowest BCUT2D eigenvalue weighted by Crippen LogP contribution is -2.05. The zero-order valence-corrected chi connectivity index (χ0v) is 4.52. The number of ether oxygens (including phenoxy) is 1. The average Bonchev–Trinajstić information content (AvgIpc) is 1.83. The number of hydrogen-bond acceptors (Lipinski definition) is 2. The van der Waals surface area contributed by atoms with Crippen molar-refractivity contribution in [3.05, 3.63) is 12.7 Å². The van der Waals surface area contributed by atoms with E-state index in [0.717, 1.165) is 6.08 Å². The van der Waals surface area contributed by atoms with Gasteiger partial charge < -0.3 is 4.74 Å². The largest absolute Gasteiger partial charge is 0.461 e. The van der Waals surface area contributed by atoms with Gasteiger partial charge in [0.1, 0.15) is 6.61 Å². The number of carbonyl (C=O) groups is 1. The van der Waals surface area contributed by atoms with Gasteiger partial charge in [-0.3, -0.25) is 5.73 Å². The van der Waals surface area contributed by atoms with Gasteiger partial charge in [0.15, 0.2) is 0 Å². The van der Waals surface area contributed by atoms with E-state index < -0.39 is 5.97 Å². The SMILES string of the molecule is C=CC(=O)OCC[NH]. The summed E-state index contributed by atoms with van der Waals surface area (Å²) < 4.78 is 4.40. The van der Waals surface area contributed by atoms with E-state index in [2.05, 4.69) is 11.3 Å². The van der Waals surface area contributed by atoms with E-state index in [1.165, 1.54) is 0 Å². The maximum Gasteiger partial charge on any atom is 0.330 e. The predicted octanol–water partition coefficient (Wildman–Crippen LogP) is -0.00150. The van der Waals surface area contributed by atoms with Gasteiger partial charge in [-0.1, -0.05) is 6.58 Å². The highest BCUT2D eigenvalue weighted by Crippen LogP contribution is 1.75. The normalized spacial score (nSPS) is 8.12. The molecular weight excluding hydrogens is 106 g/mol. The molecule has 45 valence electrons. The van der Waals surface area contributed by atoms with Crippen LogP contribution >= 0.6 is 0 Å². The third-order valence-electron chi connectivity index (χ3n) is 0.513. The minimum Gasteiger partial charge on any atom is -0.461 e. The fraction of sp³-hybridized carbons (Fsp3) is 0.400. The van der Waals surface area contributed by atoms with E-state index >= 15 is 0 Å². The molecule has 8 heavy (non-hydrogen) atoms. The third-order valence-corrected chi connectivity index (χ3v) is 0.513. The van der Waals surface area contributed by atoms with Crippen LogP contribution in [0.25, 0.3) is 0 Å². The highest BCUT2D eigenvalue weighted by atomic mass is 16.5. The summed E-state index contributed by atoms with van der Waals surface area (Å²) in [5.41, 5.74) is 6.56. The molecule has 0 aromatic carbocycles. The summed E-state index contributed by atoms with van der Waals surface area (Å²) >= 11 is 0.